The van der Waals surface area contributed by atoms with E-state index in [9.17, 15) is 9.18 Å². The van der Waals surface area contributed by atoms with Crippen molar-refractivity contribution in [3.8, 4) is 17.0 Å². The molecular formula is C26H28FN5O2. The summed E-state index contributed by atoms with van der Waals surface area (Å²) in [5.74, 6) is 1.36. The van der Waals surface area contributed by atoms with Gasteiger partial charge in [0.25, 0.3) is 5.56 Å². The van der Waals surface area contributed by atoms with Gasteiger partial charge in [-0.15, -0.1) is 0 Å². The highest BCUT2D eigenvalue weighted by Crippen LogP contribution is 2.26. The lowest BCUT2D eigenvalue weighted by atomic mass is 10.1. The first-order valence-corrected chi connectivity index (χ1v) is 11.7. The van der Waals surface area contributed by atoms with Crippen molar-refractivity contribution in [2.75, 3.05) is 18.0 Å². The largest absolute Gasteiger partial charge is 0.460 e. The van der Waals surface area contributed by atoms with Crippen LogP contribution < -0.4 is 15.2 Å². The molecule has 0 bridgehead atoms. The van der Waals surface area contributed by atoms with E-state index in [1.807, 2.05) is 41.2 Å². The van der Waals surface area contributed by atoms with Gasteiger partial charge in [0, 0.05) is 38.2 Å². The summed E-state index contributed by atoms with van der Waals surface area (Å²) in [6.45, 7) is 3.74. The van der Waals surface area contributed by atoms with E-state index in [0.717, 1.165) is 41.2 Å². The molecule has 0 saturated carbocycles. The highest BCUT2D eigenvalue weighted by molar-refractivity contribution is 5.84. The minimum absolute atomic E-state index is 0.0923. The Hall–Kier alpha value is -3.68. The number of benzene rings is 2. The first-order chi connectivity index (χ1) is 16.5. The van der Waals surface area contributed by atoms with Crippen LogP contribution in [0.5, 0.6) is 5.75 Å². The first kappa shape index (κ1) is 22.1. The molecule has 0 radical (unpaired) electrons. The van der Waals surface area contributed by atoms with Crippen molar-refractivity contribution in [1.29, 1.82) is 0 Å². The van der Waals surface area contributed by atoms with E-state index in [-0.39, 0.29) is 5.56 Å². The van der Waals surface area contributed by atoms with Crippen LogP contribution in [0.1, 0.15) is 31.7 Å². The summed E-state index contributed by atoms with van der Waals surface area (Å²) >= 11 is 0. The summed E-state index contributed by atoms with van der Waals surface area (Å²) < 4.78 is 22.3. The van der Waals surface area contributed by atoms with Crippen molar-refractivity contribution in [1.82, 2.24) is 19.3 Å². The summed E-state index contributed by atoms with van der Waals surface area (Å²) in [6.07, 6.45) is 5.83. The van der Waals surface area contributed by atoms with Gasteiger partial charge in [0.05, 0.1) is 35.5 Å². The van der Waals surface area contributed by atoms with Crippen LogP contribution in [0.15, 0.2) is 59.7 Å². The molecule has 4 aromatic rings. The fraction of sp³-hybridized carbons (Fsp3) is 0.346. The van der Waals surface area contributed by atoms with E-state index in [1.165, 1.54) is 26.2 Å². The van der Waals surface area contributed by atoms with E-state index in [4.69, 9.17) is 4.74 Å². The maximum atomic E-state index is 13.5. The molecule has 0 N–H and O–H groups in total. The van der Waals surface area contributed by atoms with Gasteiger partial charge in [-0.3, -0.25) is 19.1 Å². The molecule has 0 amide bonds. The second kappa shape index (κ2) is 9.29. The van der Waals surface area contributed by atoms with Crippen LogP contribution in [0.4, 0.5) is 10.2 Å². The molecule has 2 aromatic carbocycles. The van der Waals surface area contributed by atoms with E-state index >= 15 is 0 Å². The van der Waals surface area contributed by atoms with Gasteiger partial charge in [0.15, 0.2) is 0 Å². The zero-order valence-electron chi connectivity index (χ0n) is 19.4. The first-order valence-electron chi connectivity index (χ1n) is 11.7. The normalized spacial score (nSPS) is 15.0. The van der Waals surface area contributed by atoms with E-state index in [0.29, 0.717) is 17.7 Å². The molecule has 0 spiro atoms. The second-order valence-electron chi connectivity index (χ2n) is 8.69. The van der Waals surface area contributed by atoms with Crippen LogP contribution in [-0.4, -0.2) is 38.8 Å². The number of anilines is 1. The van der Waals surface area contributed by atoms with E-state index in [2.05, 4.69) is 14.9 Å². The summed E-state index contributed by atoms with van der Waals surface area (Å²) in [7, 11) is 1.73. The lowest BCUT2D eigenvalue weighted by Crippen LogP contribution is -2.30. The van der Waals surface area contributed by atoms with Crippen LogP contribution in [0.2, 0.25) is 0 Å². The number of halogens is 1. The fourth-order valence-electron chi connectivity index (χ4n) is 4.56. The molecule has 34 heavy (non-hydrogen) atoms. The SMILES string of the molecule is CC(F)Oc1ccccc1Cn1c2cc(-c3cnc(N4CCCCC4)cn3)ccc2c(=O)n1C. The average Bonchev–Trinajstić information content (AvgIpc) is 3.10. The predicted molar refractivity (Wildman–Crippen MR) is 131 cm³/mol. The van der Waals surface area contributed by atoms with Gasteiger partial charge in [0.2, 0.25) is 6.36 Å². The maximum absolute atomic E-state index is 13.5. The zero-order chi connectivity index (χ0) is 23.7. The molecule has 176 valence electrons. The van der Waals surface area contributed by atoms with Gasteiger partial charge in [-0.2, -0.15) is 0 Å². The van der Waals surface area contributed by atoms with Crippen LogP contribution in [0, 0.1) is 0 Å². The lowest BCUT2D eigenvalue weighted by Gasteiger charge is -2.27. The van der Waals surface area contributed by atoms with Crippen LogP contribution in [0.25, 0.3) is 22.2 Å². The van der Waals surface area contributed by atoms with Gasteiger partial charge in [-0.1, -0.05) is 24.3 Å². The number of aromatic nitrogens is 4. The number of hydrogen-bond acceptors (Lipinski definition) is 5. The lowest BCUT2D eigenvalue weighted by molar-refractivity contribution is 0.0847. The minimum Gasteiger partial charge on any atom is -0.460 e. The van der Waals surface area contributed by atoms with Gasteiger partial charge >= 0.3 is 0 Å². The minimum atomic E-state index is -1.43. The highest BCUT2D eigenvalue weighted by Gasteiger charge is 2.16. The van der Waals surface area contributed by atoms with Crippen molar-refractivity contribution in [3.63, 3.8) is 0 Å². The zero-order valence-corrected chi connectivity index (χ0v) is 19.4. The molecule has 0 aliphatic carbocycles. The van der Waals surface area contributed by atoms with Crippen molar-refractivity contribution < 1.29 is 9.13 Å². The summed E-state index contributed by atoms with van der Waals surface area (Å²) in [6, 6.07) is 13.0. The maximum Gasteiger partial charge on any atom is 0.274 e. The Balaban J connectivity index is 1.50. The molecule has 1 fully saturated rings. The van der Waals surface area contributed by atoms with Gasteiger partial charge in [0.1, 0.15) is 11.6 Å². The summed E-state index contributed by atoms with van der Waals surface area (Å²) in [5, 5.41) is 0.612. The van der Waals surface area contributed by atoms with E-state index in [1.54, 1.807) is 30.1 Å². The van der Waals surface area contributed by atoms with Crippen LogP contribution in [-0.2, 0) is 13.6 Å². The number of alkyl halides is 1. The molecule has 1 atom stereocenters. The molecule has 8 heteroatoms. The molecule has 1 aliphatic rings. The van der Waals surface area contributed by atoms with Crippen molar-refractivity contribution >= 4 is 16.7 Å². The van der Waals surface area contributed by atoms with Gasteiger partial charge in [-0.05, 0) is 37.5 Å². The van der Waals surface area contributed by atoms with Gasteiger partial charge in [-0.25, -0.2) is 9.37 Å². The van der Waals surface area contributed by atoms with Crippen molar-refractivity contribution in [2.45, 2.75) is 39.1 Å². The predicted octanol–water partition coefficient (Wildman–Crippen LogP) is 4.53. The number of fused-ring (bicyclic) bond motifs is 1. The van der Waals surface area contributed by atoms with E-state index < -0.39 is 6.36 Å². The smallest absolute Gasteiger partial charge is 0.274 e. The molecule has 1 unspecified atom stereocenters. The Bertz CT molecular complexity index is 1350. The summed E-state index contributed by atoms with van der Waals surface area (Å²) in [4.78, 5) is 24.5. The van der Waals surface area contributed by atoms with Crippen LogP contribution in [0.3, 0.4) is 0 Å². The number of nitrogens with zero attached hydrogens (tertiary/aromatic N) is 5. The monoisotopic (exact) mass is 461 g/mol. The number of piperidine rings is 1. The molecule has 5 rings (SSSR count). The Morgan fingerprint density at radius 3 is 2.59 bits per heavy atom. The second-order valence-corrected chi connectivity index (χ2v) is 8.69. The molecule has 2 aromatic heterocycles. The molecule has 3 heterocycles. The standard InChI is InChI=1S/C26H28FN5O2/c1-18(27)34-24-9-5-4-8-20(24)17-32-23-14-19(10-11-21(23)26(33)30(32)2)22-15-29-25(16-28-22)31-12-6-3-7-13-31/h4-5,8-11,14-16,18H,3,6-7,12-13,17H2,1-2H3. The molecule has 1 saturated heterocycles. The average molecular weight is 462 g/mol. The number of ether oxygens (including phenoxy) is 1. The quantitative estimate of drug-likeness (QED) is 0.422. The topological polar surface area (TPSA) is 65.2 Å². The molecule has 1 aliphatic heterocycles. The molecule has 7 nitrogen and oxygen atoms in total. The number of hydrogen-bond donors (Lipinski definition) is 0. The third kappa shape index (κ3) is 4.27. The Morgan fingerprint density at radius 2 is 1.85 bits per heavy atom. The summed E-state index contributed by atoms with van der Waals surface area (Å²) in [5.41, 5.74) is 3.10. The van der Waals surface area contributed by atoms with Crippen LogP contribution >= 0.6 is 0 Å². The van der Waals surface area contributed by atoms with Crippen molar-refractivity contribution in [3.05, 3.63) is 70.8 Å². The number of rotatable bonds is 6. The number of para-hydroxylation sites is 1. The Morgan fingerprint density at radius 1 is 1.06 bits per heavy atom. The Labute approximate surface area is 197 Å². The van der Waals surface area contributed by atoms with Crippen molar-refractivity contribution in [2.24, 2.45) is 7.05 Å². The third-order valence-corrected chi connectivity index (χ3v) is 6.36. The highest BCUT2D eigenvalue weighted by atomic mass is 19.1. The third-order valence-electron chi connectivity index (χ3n) is 6.36. The fourth-order valence-corrected chi connectivity index (χ4v) is 4.56. The van der Waals surface area contributed by atoms with Gasteiger partial charge < -0.3 is 9.64 Å². The molecular weight excluding hydrogens is 433 g/mol. The Kier molecular flexibility index (Phi) is 6.04.